The molecule has 1 aliphatic rings. The number of anilines is 1. The van der Waals surface area contributed by atoms with Crippen LogP contribution in [0.15, 0.2) is 18.3 Å². The maximum Gasteiger partial charge on any atom is 0.137 e. The predicted octanol–water partition coefficient (Wildman–Crippen LogP) is 1.50. The molecule has 0 atom stereocenters. The average molecular weight is 189 g/mol. The molecule has 2 aromatic rings. The summed E-state index contributed by atoms with van der Waals surface area (Å²) in [6.07, 6.45) is 1.90. The fraction of sp³-hybridized carbons (Fsp3) is 0.300. The molecule has 14 heavy (non-hydrogen) atoms. The summed E-state index contributed by atoms with van der Waals surface area (Å²) in [7, 11) is 0. The zero-order valence-electron chi connectivity index (χ0n) is 7.71. The van der Waals surface area contributed by atoms with E-state index in [1.54, 1.807) is 0 Å². The average Bonchev–Trinajstić information content (AvgIpc) is 2.51. The maximum atomic E-state index is 5.41. The van der Waals surface area contributed by atoms with Crippen LogP contribution < -0.4 is 5.32 Å². The van der Waals surface area contributed by atoms with Gasteiger partial charge in [0.2, 0.25) is 0 Å². The van der Waals surface area contributed by atoms with Gasteiger partial charge in [0.1, 0.15) is 5.65 Å². The van der Waals surface area contributed by atoms with Crippen molar-refractivity contribution in [1.29, 1.82) is 0 Å². The highest BCUT2D eigenvalue weighted by Gasteiger charge is 2.10. The quantitative estimate of drug-likeness (QED) is 0.660. The number of pyridine rings is 1. The lowest BCUT2D eigenvalue weighted by molar-refractivity contribution is 0.132. The summed E-state index contributed by atoms with van der Waals surface area (Å²) in [5.74, 6) is 0. The molecule has 4 heteroatoms. The van der Waals surface area contributed by atoms with Crippen molar-refractivity contribution >= 4 is 16.7 Å². The summed E-state index contributed by atoms with van der Waals surface area (Å²) >= 11 is 0. The van der Waals surface area contributed by atoms with E-state index in [1.165, 1.54) is 0 Å². The van der Waals surface area contributed by atoms with Crippen LogP contribution in [0.25, 0.3) is 11.0 Å². The molecular formula is C10H11N3O. The van der Waals surface area contributed by atoms with E-state index >= 15 is 0 Å². The molecule has 0 bridgehead atoms. The molecule has 0 saturated carbocycles. The van der Waals surface area contributed by atoms with Gasteiger partial charge >= 0.3 is 0 Å². The van der Waals surface area contributed by atoms with Gasteiger partial charge in [-0.1, -0.05) is 0 Å². The summed E-state index contributed by atoms with van der Waals surface area (Å²) in [6, 6.07) is 4.14. The number of ether oxygens (including phenoxy) is 1. The Labute approximate surface area is 81.3 Å². The van der Waals surface area contributed by atoms with Crippen LogP contribution in [0.3, 0.4) is 0 Å². The minimum atomic E-state index is 0.595. The summed E-state index contributed by atoms with van der Waals surface area (Å²) in [4.78, 5) is 7.59. The molecular weight excluding hydrogens is 178 g/mol. The van der Waals surface area contributed by atoms with E-state index in [0.29, 0.717) is 6.61 Å². The molecule has 0 aliphatic carbocycles. The molecule has 0 amide bonds. The van der Waals surface area contributed by atoms with Gasteiger partial charge in [-0.3, -0.25) is 0 Å². The normalized spacial score (nSPS) is 16.0. The molecule has 0 spiro atoms. The van der Waals surface area contributed by atoms with Crippen LogP contribution in [0, 0.1) is 0 Å². The van der Waals surface area contributed by atoms with Crippen LogP contribution in [-0.4, -0.2) is 23.1 Å². The van der Waals surface area contributed by atoms with E-state index < -0.39 is 0 Å². The topological polar surface area (TPSA) is 49.9 Å². The summed E-state index contributed by atoms with van der Waals surface area (Å²) in [5, 5.41) is 4.44. The molecule has 0 saturated heterocycles. The number of hydrogen-bond donors (Lipinski definition) is 2. The van der Waals surface area contributed by atoms with Crippen LogP contribution in [0.2, 0.25) is 0 Å². The van der Waals surface area contributed by atoms with E-state index in [-0.39, 0.29) is 0 Å². The molecule has 0 unspecified atom stereocenters. The fourth-order valence-corrected chi connectivity index (χ4v) is 1.71. The lowest BCUT2D eigenvalue weighted by Crippen LogP contribution is -2.04. The standard InChI is InChI=1S/C10H11N3O/c1-2-12-10-7(1)5-8-9(13-10)6-14-4-3-11-8/h1-2,5,11H,3-4,6H2,(H,12,13). The van der Waals surface area contributed by atoms with Crippen molar-refractivity contribution in [2.45, 2.75) is 6.61 Å². The van der Waals surface area contributed by atoms with Crippen LogP contribution in [0.5, 0.6) is 0 Å². The Morgan fingerprint density at radius 3 is 3.43 bits per heavy atom. The summed E-state index contributed by atoms with van der Waals surface area (Å²) in [5.41, 5.74) is 3.00. The van der Waals surface area contributed by atoms with Gasteiger partial charge in [0.25, 0.3) is 0 Å². The van der Waals surface area contributed by atoms with Crippen LogP contribution in [0.1, 0.15) is 5.69 Å². The number of fused-ring (bicyclic) bond motifs is 2. The number of nitrogens with zero attached hydrogens (tertiary/aromatic N) is 1. The van der Waals surface area contributed by atoms with Gasteiger partial charge in [0, 0.05) is 18.1 Å². The van der Waals surface area contributed by atoms with Crippen LogP contribution in [0.4, 0.5) is 5.69 Å². The van der Waals surface area contributed by atoms with E-state index in [2.05, 4.69) is 21.4 Å². The first-order valence-electron chi connectivity index (χ1n) is 4.72. The van der Waals surface area contributed by atoms with Gasteiger partial charge in [-0.15, -0.1) is 0 Å². The third kappa shape index (κ3) is 1.15. The lowest BCUT2D eigenvalue weighted by atomic mass is 10.2. The monoisotopic (exact) mass is 189 g/mol. The lowest BCUT2D eigenvalue weighted by Gasteiger charge is -2.05. The molecule has 2 N–H and O–H groups in total. The second kappa shape index (κ2) is 2.99. The third-order valence-electron chi connectivity index (χ3n) is 2.41. The number of hydrogen-bond acceptors (Lipinski definition) is 3. The third-order valence-corrected chi connectivity index (χ3v) is 2.41. The first kappa shape index (κ1) is 7.82. The van der Waals surface area contributed by atoms with Crippen molar-refractivity contribution < 1.29 is 4.74 Å². The highest BCUT2D eigenvalue weighted by molar-refractivity contribution is 5.80. The number of aromatic nitrogens is 2. The summed E-state index contributed by atoms with van der Waals surface area (Å²) in [6.45, 7) is 2.19. The fourth-order valence-electron chi connectivity index (χ4n) is 1.71. The number of H-pyrrole nitrogens is 1. The van der Waals surface area contributed by atoms with Gasteiger partial charge < -0.3 is 15.0 Å². The molecule has 3 heterocycles. The molecule has 0 fully saturated rings. The zero-order chi connectivity index (χ0) is 9.38. The van der Waals surface area contributed by atoms with Gasteiger partial charge in [0.05, 0.1) is 24.6 Å². The van der Waals surface area contributed by atoms with E-state index in [1.807, 2.05) is 12.3 Å². The minimum absolute atomic E-state index is 0.595. The Hall–Kier alpha value is -1.55. The van der Waals surface area contributed by atoms with E-state index in [9.17, 15) is 0 Å². The SMILES string of the molecule is c1cc2cc3c(nc2[nH]1)COCCN3. The van der Waals surface area contributed by atoms with Gasteiger partial charge in [-0.2, -0.15) is 0 Å². The molecule has 0 radical (unpaired) electrons. The molecule has 1 aliphatic heterocycles. The van der Waals surface area contributed by atoms with Gasteiger partial charge in [-0.25, -0.2) is 4.98 Å². The number of aromatic amines is 1. The number of rotatable bonds is 0. The Balaban J connectivity index is 2.19. The smallest absolute Gasteiger partial charge is 0.137 e. The molecule has 3 rings (SSSR count). The van der Waals surface area contributed by atoms with E-state index in [4.69, 9.17) is 4.74 Å². The summed E-state index contributed by atoms with van der Waals surface area (Å²) < 4.78 is 5.41. The Kier molecular flexibility index (Phi) is 1.67. The first-order valence-corrected chi connectivity index (χ1v) is 4.72. The van der Waals surface area contributed by atoms with E-state index in [0.717, 1.165) is 35.6 Å². The zero-order valence-corrected chi connectivity index (χ0v) is 7.71. The predicted molar refractivity (Wildman–Crippen MR) is 54.2 cm³/mol. The van der Waals surface area contributed by atoms with Crippen LogP contribution in [-0.2, 0) is 11.3 Å². The van der Waals surface area contributed by atoms with Crippen molar-refractivity contribution in [3.63, 3.8) is 0 Å². The Bertz CT molecular complexity index is 423. The van der Waals surface area contributed by atoms with Crippen LogP contribution >= 0.6 is 0 Å². The van der Waals surface area contributed by atoms with Crippen molar-refractivity contribution in [3.05, 3.63) is 24.0 Å². The van der Waals surface area contributed by atoms with Gasteiger partial charge in [-0.05, 0) is 12.1 Å². The van der Waals surface area contributed by atoms with Crippen molar-refractivity contribution in [1.82, 2.24) is 9.97 Å². The molecule has 72 valence electrons. The van der Waals surface area contributed by atoms with Crippen molar-refractivity contribution in [2.75, 3.05) is 18.5 Å². The molecule has 2 aromatic heterocycles. The Morgan fingerprint density at radius 1 is 1.43 bits per heavy atom. The Morgan fingerprint density at radius 2 is 2.43 bits per heavy atom. The molecule has 4 nitrogen and oxygen atoms in total. The largest absolute Gasteiger partial charge is 0.381 e. The van der Waals surface area contributed by atoms with Gasteiger partial charge in [0.15, 0.2) is 0 Å². The minimum Gasteiger partial charge on any atom is -0.381 e. The van der Waals surface area contributed by atoms with Crippen molar-refractivity contribution in [3.8, 4) is 0 Å². The highest BCUT2D eigenvalue weighted by Crippen LogP contribution is 2.22. The number of nitrogens with one attached hydrogen (secondary N) is 2. The van der Waals surface area contributed by atoms with Crippen molar-refractivity contribution in [2.24, 2.45) is 0 Å². The first-order chi connectivity index (χ1) is 6.93. The highest BCUT2D eigenvalue weighted by atomic mass is 16.5. The second-order valence-electron chi connectivity index (χ2n) is 3.38. The second-order valence-corrected chi connectivity index (χ2v) is 3.38. The molecule has 0 aromatic carbocycles. The maximum absolute atomic E-state index is 5.41.